The van der Waals surface area contributed by atoms with Crippen LogP contribution >= 0.6 is 11.6 Å². The van der Waals surface area contributed by atoms with E-state index in [9.17, 15) is 14.3 Å². The number of aliphatic hydroxyl groups is 1. The molecule has 1 amide bonds. The molecule has 36 heavy (non-hydrogen) atoms. The number of rotatable bonds is 6. The van der Waals surface area contributed by atoms with Crippen LogP contribution in [0.2, 0.25) is 5.02 Å². The molecule has 5 rings (SSSR count). The Morgan fingerprint density at radius 2 is 1.94 bits per heavy atom. The summed E-state index contributed by atoms with van der Waals surface area (Å²) in [6.07, 6.45) is 4.63. The first-order valence-electron chi connectivity index (χ1n) is 12.2. The summed E-state index contributed by atoms with van der Waals surface area (Å²) in [4.78, 5) is 17.7. The van der Waals surface area contributed by atoms with Gasteiger partial charge in [-0.2, -0.15) is 0 Å². The molecule has 2 unspecified atom stereocenters. The summed E-state index contributed by atoms with van der Waals surface area (Å²) in [6, 6.07) is 5.94. The third-order valence-electron chi connectivity index (χ3n) is 7.48. The van der Waals surface area contributed by atoms with Crippen molar-refractivity contribution in [2.24, 2.45) is 25.9 Å². The monoisotopic (exact) mass is 515 g/mol. The van der Waals surface area contributed by atoms with E-state index in [1.165, 1.54) is 18.2 Å². The second-order valence-corrected chi connectivity index (χ2v) is 10.9. The number of aryl methyl sites for hydroxylation is 2. The van der Waals surface area contributed by atoms with Crippen molar-refractivity contribution in [1.82, 2.24) is 19.3 Å². The van der Waals surface area contributed by atoms with Crippen molar-refractivity contribution in [2.75, 3.05) is 5.32 Å². The minimum atomic E-state index is -0.952. The van der Waals surface area contributed by atoms with Crippen LogP contribution in [0.3, 0.4) is 0 Å². The van der Waals surface area contributed by atoms with E-state index < -0.39 is 11.4 Å². The highest BCUT2D eigenvalue weighted by Crippen LogP contribution is 2.57. The van der Waals surface area contributed by atoms with Gasteiger partial charge in [-0.3, -0.25) is 9.48 Å². The number of benzene rings is 1. The number of carbonyl (C=O) groups excluding carboxylic acids is 1. The molecule has 192 valence electrons. The maximum Gasteiger partial charge on any atom is 0.274 e. The lowest BCUT2D eigenvalue weighted by atomic mass is 9.90. The molecule has 2 aromatic heterocycles. The Morgan fingerprint density at radius 1 is 1.25 bits per heavy atom. The second kappa shape index (κ2) is 9.19. The maximum atomic E-state index is 13.5. The van der Waals surface area contributed by atoms with Gasteiger partial charge in [0.1, 0.15) is 17.1 Å². The number of ether oxygens (including phenoxy) is 1. The Labute approximate surface area is 214 Å². The highest BCUT2D eigenvalue weighted by Gasteiger charge is 2.51. The van der Waals surface area contributed by atoms with Crippen molar-refractivity contribution >= 4 is 23.2 Å². The van der Waals surface area contributed by atoms with Gasteiger partial charge in [0.25, 0.3) is 5.91 Å². The van der Waals surface area contributed by atoms with Gasteiger partial charge >= 0.3 is 0 Å². The molecule has 0 radical (unpaired) electrons. The van der Waals surface area contributed by atoms with E-state index >= 15 is 0 Å². The zero-order chi connectivity index (χ0) is 25.8. The highest BCUT2D eigenvalue weighted by atomic mass is 35.5. The quantitative estimate of drug-likeness (QED) is 0.493. The molecule has 1 aromatic carbocycles. The Kier molecular flexibility index (Phi) is 6.32. The van der Waals surface area contributed by atoms with Crippen LogP contribution in [0.5, 0.6) is 5.88 Å². The molecule has 2 aliphatic carbocycles. The number of imidazole rings is 1. The number of anilines is 1. The third kappa shape index (κ3) is 4.50. The average molecular weight is 516 g/mol. The smallest absolute Gasteiger partial charge is 0.274 e. The van der Waals surface area contributed by atoms with E-state index in [0.717, 1.165) is 24.2 Å². The normalized spacial score (nSPS) is 25.4. The van der Waals surface area contributed by atoms with Gasteiger partial charge in [-0.15, -0.1) is 5.10 Å². The summed E-state index contributed by atoms with van der Waals surface area (Å²) in [5.74, 6) is 0.431. The number of amides is 1. The van der Waals surface area contributed by atoms with Crippen molar-refractivity contribution in [3.8, 4) is 5.88 Å². The summed E-state index contributed by atoms with van der Waals surface area (Å²) in [5.41, 5.74) is 1.49. The number of carbonyl (C=O) groups is 1. The number of nitrogens with zero attached hydrogens (tertiary/aromatic N) is 4. The van der Waals surface area contributed by atoms with Gasteiger partial charge in [0.05, 0.1) is 28.8 Å². The first-order chi connectivity index (χ1) is 17.0. The lowest BCUT2D eigenvalue weighted by Gasteiger charge is -2.24. The summed E-state index contributed by atoms with van der Waals surface area (Å²) in [7, 11) is 3.63. The predicted octanol–water partition coefficient (Wildman–Crippen LogP) is 4.78. The minimum absolute atomic E-state index is 0.0101. The van der Waals surface area contributed by atoms with Crippen LogP contribution in [0.15, 0.2) is 30.6 Å². The second-order valence-electron chi connectivity index (χ2n) is 10.5. The lowest BCUT2D eigenvalue weighted by Crippen LogP contribution is -2.26. The molecule has 2 saturated carbocycles. The van der Waals surface area contributed by atoms with Crippen LogP contribution in [-0.2, 0) is 19.7 Å². The number of hydrogen-bond donors (Lipinski definition) is 2. The van der Waals surface area contributed by atoms with Crippen molar-refractivity contribution < 1.29 is 19.0 Å². The molecule has 10 heteroatoms. The number of halogens is 2. The number of fused-ring (bicyclic) bond motifs is 1. The van der Waals surface area contributed by atoms with Crippen LogP contribution in [0.4, 0.5) is 10.1 Å². The molecule has 3 aromatic rings. The highest BCUT2D eigenvalue weighted by molar-refractivity contribution is 6.31. The Morgan fingerprint density at radius 3 is 2.58 bits per heavy atom. The van der Waals surface area contributed by atoms with Gasteiger partial charge in [-0.1, -0.05) is 11.6 Å². The topological polar surface area (TPSA) is 94.2 Å². The van der Waals surface area contributed by atoms with E-state index in [0.29, 0.717) is 41.9 Å². The molecule has 8 nitrogen and oxygen atoms in total. The van der Waals surface area contributed by atoms with Gasteiger partial charge in [-0.25, -0.2) is 9.37 Å². The molecule has 2 aliphatic rings. The molecule has 2 heterocycles. The van der Waals surface area contributed by atoms with Crippen LogP contribution in [-0.4, -0.2) is 36.4 Å². The molecular weight excluding hydrogens is 485 g/mol. The lowest BCUT2D eigenvalue weighted by molar-refractivity contribution is 0.0263. The molecule has 0 aliphatic heterocycles. The van der Waals surface area contributed by atoms with Crippen LogP contribution < -0.4 is 10.1 Å². The van der Waals surface area contributed by atoms with Crippen LogP contribution in [0, 0.1) is 17.7 Å². The van der Waals surface area contributed by atoms with Gasteiger partial charge < -0.3 is 19.7 Å². The van der Waals surface area contributed by atoms with Gasteiger partial charge in [0, 0.05) is 31.8 Å². The zero-order valence-corrected chi connectivity index (χ0v) is 21.6. The zero-order valence-electron chi connectivity index (χ0n) is 20.8. The summed E-state index contributed by atoms with van der Waals surface area (Å²) >= 11 is 5.87. The van der Waals surface area contributed by atoms with Gasteiger partial charge in [0.2, 0.25) is 5.88 Å². The summed E-state index contributed by atoms with van der Waals surface area (Å²) in [6.45, 7) is 3.90. The molecule has 0 saturated heterocycles. The molecule has 2 fully saturated rings. The first kappa shape index (κ1) is 24.8. The minimum Gasteiger partial charge on any atom is -0.474 e. The SMILES string of the molecule is CC(C)Oc1cc(C2(O)CC3CC(c4ncn(C)c4C(=O)Nc4ccc(F)c(Cl)c4)CC3C2)n(C)n1. The van der Waals surface area contributed by atoms with Crippen LogP contribution in [0.1, 0.15) is 67.3 Å². The van der Waals surface area contributed by atoms with E-state index in [4.69, 9.17) is 16.3 Å². The third-order valence-corrected chi connectivity index (χ3v) is 7.77. The fourth-order valence-electron chi connectivity index (χ4n) is 6.06. The Bertz CT molecular complexity index is 1290. The fourth-order valence-corrected chi connectivity index (χ4v) is 6.24. The number of aromatic nitrogens is 4. The first-order valence-corrected chi connectivity index (χ1v) is 12.6. The molecular formula is C26H31ClFN5O3. The van der Waals surface area contributed by atoms with Gasteiger partial charge in [0.15, 0.2) is 0 Å². The van der Waals surface area contributed by atoms with Crippen molar-refractivity contribution in [3.05, 3.63) is 58.5 Å². The standard InChI is InChI=1S/C26H31ClFN5O3/c1-14(2)36-22-10-21(33(4)31-22)26(35)11-16-7-15(8-17(16)12-26)23-24(32(3)13-29-23)25(34)30-18-5-6-20(28)19(27)9-18/h5-6,9-10,13-17,35H,7-8,11-12H2,1-4H3,(H,30,34). The Balaban J connectivity index is 1.30. The predicted molar refractivity (Wildman–Crippen MR) is 134 cm³/mol. The fraction of sp³-hybridized carbons (Fsp3) is 0.500. The molecule has 2 atom stereocenters. The van der Waals surface area contributed by atoms with E-state index in [1.54, 1.807) is 22.6 Å². The summed E-state index contributed by atoms with van der Waals surface area (Å²) in [5, 5.41) is 18.8. The van der Waals surface area contributed by atoms with E-state index in [1.807, 2.05) is 27.0 Å². The summed E-state index contributed by atoms with van der Waals surface area (Å²) < 4.78 is 22.7. The van der Waals surface area contributed by atoms with Crippen molar-refractivity contribution in [1.29, 1.82) is 0 Å². The largest absolute Gasteiger partial charge is 0.474 e. The van der Waals surface area contributed by atoms with E-state index in [2.05, 4.69) is 15.4 Å². The molecule has 2 N–H and O–H groups in total. The van der Waals surface area contributed by atoms with Crippen molar-refractivity contribution in [3.63, 3.8) is 0 Å². The van der Waals surface area contributed by atoms with Crippen LogP contribution in [0.25, 0.3) is 0 Å². The van der Waals surface area contributed by atoms with Crippen molar-refractivity contribution in [2.45, 2.75) is 57.2 Å². The van der Waals surface area contributed by atoms with E-state index in [-0.39, 0.29) is 23.0 Å². The maximum absolute atomic E-state index is 13.5. The Hall–Kier alpha value is -2.91. The molecule has 0 bridgehead atoms. The number of hydrogen-bond acceptors (Lipinski definition) is 5. The number of nitrogens with one attached hydrogen (secondary N) is 1. The van der Waals surface area contributed by atoms with Gasteiger partial charge in [-0.05, 0) is 69.6 Å². The molecule has 0 spiro atoms. The average Bonchev–Trinajstić information content (AvgIpc) is 3.52.